The van der Waals surface area contributed by atoms with E-state index in [9.17, 15) is 9.59 Å². The number of amides is 3. The molecule has 0 saturated carbocycles. The van der Waals surface area contributed by atoms with Crippen LogP contribution in [0.2, 0.25) is 10.0 Å². The Morgan fingerprint density at radius 1 is 1.10 bits per heavy atom. The van der Waals surface area contributed by atoms with Crippen LogP contribution in [0.3, 0.4) is 0 Å². The number of nitrogens with one attached hydrogen (secondary N) is 3. The highest BCUT2D eigenvalue weighted by Gasteiger charge is 2.05. The Bertz CT molecular complexity index is 495. The summed E-state index contributed by atoms with van der Waals surface area (Å²) in [6.07, 6.45) is 1.15. The minimum Gasteiger partial charge on any atom is -0.356 e. The van der Waals surface area contributed by atoms with Crippen LogP contribution in [0.25, 0.3) is 0 Å². The Balaban J connectivity index is 2.23. The quantitative estimate of drug-likeness (QED) is 0.718. The molecule has 0 unspecified atom stereocenters. The molecule has 5 nitrogen and oxygen atoms in total. The molecule has 0 aromatic heterocycles. The van der Waals surface area contributed by atoms with Crippen molar-refractivity contribution in [2.24, 2.45) is 0 Å². The summed E-state index contributed by atoms with van der Waals surface area (Å²) < 4.78 is 0. The minimum atomic E-state index is -0.343. The van der Waals surface area contributed by atoms with Gasteiger partial charge >= 0.3 is 6.03 Å². The van der Waals surface area contributed by atoms with Crippen molar-refractivity contribution in [1.29, 1.82) is 0 Å². The van der Waals surface area contributed by atoms with Crippen LogP contribution in [0.15, 0.2) is 18.2 Å². The monoisotopic (exact) mass is 331 g/mol. The predicted molar refractivity (Wildman–Crippen MR) is 84.6 cm³/mol. The number of carbonyl (C=O) groups is 2. The van der Waals surface area contributed by atoms with Crippen LogP contribution in [-0.2, 0) is 11.3 Å². The fraction of sp³-hybridized carbons (Fsp3) is 0.429. The van der Waals surface area contributed by atoms with E-state index >= 15 is 0 Å². The van der Waals surface area contributed by atoms with Gasteiger partial charge in [0.1, 0.15) is 0 Å². The molecule has 3 N–H and O–H groups in total. The highest BCUT2D eigenvalue weighted by atomic mass is 35.5. The molecule has 7 heteroatoms. The van der Waals surface area contributed by atoms with E-state index in [0.717, 1.165) is 12.0 Å². The minimum absolute atomic E-state index is 0.0714. The lowest BCUT2D eigenvalue weighted by Crippen LogP contribution is -2.37. The molecule has 1 rings (SSSR count). The molecule has 0 saturated heterocycles. The second-order valence-corrected chi connectivity index (χ2v) is 5.29. The zero-order valence-corrected chi connectivity index (χ0v) is 13.4. The Morgan fingerprint density at radius 2 is 1.86 bits per heavy atom. The molecule has 1 aromatic carbocycles. The van der Waals surface area contributed by atoms with Crippen molar-refractivity contribution in [2.75, 3.05) is 13.1 Å². The average Bonchev–Trinajstić information content (AvgIpc) is 2.44. The normalized spacial score (nSPS) is 10.0. The zero-order valence-electron chi connectivity index (χ0n) is 11.8. The first kappa shape index (κ1) is 17.6. The molecular weight excluding hydrogens is 313 g/mol. The first-order chi connectivity index (χ1) is 10.0. The molecule has 0 spiro atoms. The molecule has 116 valence electrons. The Morgan fingerprint density at radius 3 is 2.52 bits per heavy atom. The summed E-state index contributed by atoms with van der Waals surface area (Å²) in [7, 11) is 0. The number of carbonyl (C=O) groups excluding carboxylic acids is 2. The van der Waals surface area contributed by atoms with Gasteiger partial charge in [-0.25, -0.2) is 4.79 Å². The van der Waals surface area contributed by atoms with Gasteiger partial charge in [0.25, 0.3) is 0 Å². The van der Waals surface area contributed by atoms with Gasteiger partial charge in [0.15, 0.2) is 0 Å². The molecule has 0 aliphatic carbocycles. The largest absolute Gasteiger partial charge is 0.356 e. The highest BCUT2D eigenvalue weighted by molar-refractivity contribution is 6.35. The van der Waals surface area contributed by atoms with E-state index in [1.165, 1.54) is 0 Å². The Hall–Kier alpha value is -1.46. The molecule has 0 aliphatic rings. The Labute approximate surface area is 134 Å². The lowest BCUT2D eigenvalue weighted by Gasteiger charge is -2.09. The van der Waals surface area contributed by atoms with E-state index in [1.54, 1.807) is 18.2 Å². The van der Waals surface area contributed by atoms with Gasteiger partial charge in [0, 0.05) is 36.1 Å². The molecule has 0 heterocycles. The van der Waals surface area contributed by atoms with E-state index in [-0.39, 0.29) is 24.9 Å². The van der Waals surface area contributed by atoms with Crippen molar-refractivity contribution in [2.45, 2.75) is 26.3 Å². The van der Waals surface area contributed by atoms with Crippen LogP contribution in [0, 0.1) is 0 Å². The predicted octanol–water partition coefficient (Wildman–Crippen LogP) is 2.71. The third-order valence-corrected chi connectivity index (χ3v) is 3.25. The fourth-order valence-electron chi connectivity index (χ4n) is 1.55. The standard InChI is InChI=1S/C14H19Cl2N3O2/c1-2-6-17-13(20)5-7-18-14(21)19-9-10-3-4-11(15)8-12(10)16/h3-4,8H,2,5-7,9H2,1H3,(H,17,20)(H2,18,19,21). The van der Waals surface area contributed by atoms with Crippen molar-refractivity contribution in [3.05, 3.63) is 33.8 Å². The maximum absolute atomic E-state index is 11.6. The third kappa shape index (κ3) is 7.20. The van der Waals surface area contributed by atoms with Gasteiger partial charge in [-0.3, -0.25) is 4.79 Å². The lowest BCUT2D eigenvalue weighted by molar-refractivity contribution is -0.120. The third-order valence-electron chi connectivity index (χ3n) is 2.66. The number of rotatable bonds is 7. The van der Waals surface area contributed by atoms with Crippen LogP contribution < -0.4 is 16.0 Å². The summed E-state index contributed by atoms with van der Waals surface area (Å²) in [5, 5.41) is 9.06. The number of halogens is 2. The Kier molecular flexibility index (Phi) is 7.93. The molecule has 1 aromatic rings. The number of urea groups is 1. The summed E-state index contributed by atoms with van der Waals surface area (Å²) >= 11 is 11.8. The SMILES string of the molecule is CCCNC(=O)CCNC(=O)NCc1ccc(Cl)cc1Cl. The van der Waals surface area contributed by atoms with Crippen LogP contribution in [0.5, 0.6) is 0 Å². The van der Waals surface area contributed by atoms with E-state index in [1.807, 2.05) is 6.92 Å². The van der Waals surface area contributed by atoms with Crippen molar-refractivity contribution < 1.29 is 9.59 Å². The van der Waals surface area contributed by atoms with Crippen LogP contribution >= 0.6 is 23.2 Å². The highest BCUT2D eigenvalue weighted by Crippen LogP contribution is 2.20. The van der Waals surface area contributed by atoms with E-state index < -0.39 is 0 Å². The summed E-state index contributed by atoms with van der Waals surface area (Å²) in [5.74, 6) is -0.0714. The maximum atomic E-state index is 11.6. The van der Waals surface area contributed by atoms with Gasteiger partial charge in [-0.2, -0.15) is 0 Å². The van der Waals surface area contributed by atoms with Gasteiger partial charge in [0.05, 0.1) is 0 Å². The molecule has 21 heavy (non-hydrogen) atoms. The maximum Gasteiger partial charge on any atom is 0.315 e. The smallest absolute Gasteiger partial charge is 0.315 e. The second kappa shape index (κ2) is 9.47. The second-order valence-electron chi connectivity index (χ2n) is 4.45. The fourth-order valence-corrected chi connectivity index (χ4v) is 2.02. The van der Waals surface area contributed by atoms with Gasteiger partial charge in [-0.1, -0.05) is 36.2 Å². The average molecular weight is 332 g/mol. The topological polar surface area (TPSA) is 70.2 Å². The van der Waals surface area contributed by atoms with Crippen LogP contribution in [-0.4, -0.2) is 25.0 Å². The number of hydrogen-bond donors (Lipinski definition) is 3. The first-order valence-electron chi connectivity index (χ1n) is 6.75. The molecular formula is C14H19Cl2N3O2. The van der Waals surface area contributed by atoms with E-state index in [2.05, 4.69) is 16.0 Å². The summed E-state index contributed by atoms with van der Waals surface area (Å²) in [6, 6.07) is 4.74. The van der Waals surface area contributed by atoms with Crippen LogP contribution in [0.4, 0.5) is 4.79 Å². The summed E-state index contributed by atoms with van der Waals surface area (Å²) in [6.45, 7) is 3.22. The summed E-state index contributed by atoms with van der Waals surface area (Å²) in [4.78, 5) is 22.9. The number of hydrogen-bond acceptors (Lipinski definition) is 2. The lowest BCUT2D eigenvalue weighted by atomic mass is 10.2. The molecule has 0 fully saturated rings. The van der Waals surface area contributed by atoms with Gasteiger partial charge in [-0.05, 0) is 24.1 Å². The van der Waals surface area contributed by atoms with Gasteiger partial charge in [0.2, 0.25) is 5.91 Å². The zero-order chi connectivity index (χ0) is 15.7. The first-order valence-corrected chi connectivity index (χ1v) is 7.51. The van der Waals surface area contributed by atoms with Crippen molar-refractivity contribution in [1.82, 2.24) is 16.0 Å². The van der Waals surface area contributed by atoms with Gasteiger partial charge in [-0.15, -0.1) is 0 Å². The van der Waals surface area contributed by atoms with Crippen molar-refractivity contribution >= 4 is 35.1 Å². The molecule has 0 radical (unpaired) electrons. The van der Waals surface area contributed by atoms with Crippen molar-refractivity contribution in [3.63, 3.8) is 0 Å². The molecule has 0 atom stereocenters. The molecule has 0 bridgehead atoms. The van der Waals surface area contributed by atoms with E-state index in [4.69, 9.17) is 23.2 Å². The van der Waals surface area contributed by atoms with Gasteiger partial charge < -0.3 is 16.0 Å². The molecule has 0 aliphatic heterocycles. The summed E-state index contributed by atoms with van der Waals surface area (Å²) in [5.41, 5.74) is 0.775. The van der Waals surface area contributed by atoms with E-state index in [0.29, 0.717) is 23.1 Å². The number of benzene rings is 1. The molecule has 3 amide bonds. The van der Waals surface area contributed by atoms with Crippen molar-refractivity contribution in [3.8, 4) is 0 Å². The van der Waals surface area contributed by atoms with Crippen LogP contribution in [0.1, 0.15) is 25.3 Å².